The zero-order valence-electron chi connectivity index (χ0n) is 21.5. The van der Waals surface area contributed by atoms with E-state index >= 15 is 0 Å². The molecule has 1 amide bonds. The third-order valence-corrected chi connectivity index (χ3v) is 8.25. The monoisotopic (exact) mass is 612 g/mol. The topological polar surface area (TPSA) is 95.0 Å². The molecule has 7 nitrogen and oxygen atoms in total. The summed E-state index contributed by atoms with van der Waals surface area (Å²) >= 11 is 9.58. The van der Waals surface area contributed by atoms with Crippen LogP contribution in [0.1, 0.15) is 36.2 Å². The quantitative estimate of drug-likeness (QED) is 0.211. The molecule has 204 valence electrons. The molecule has 0 radical (unpaired) electrons. The van der Waals surface area contributed by atoms with Crippen LogP contribution in [0.15, 0.2) is 71.2 Å². The number of amides is 1. The van der Waals surface area contributed by atoms with E-state index in [1.807, 2.05) is 43.3 Å². The van der Waals surface area contributed by atoms with Crippen LogP contribution in [0.2, 0.25) is 5.02 Å². The molecule has 0 bridgehead atoms. The first-order valence-electron chi connectivity index (χ1n) is 12.8. The Hall–Kier alpha value is -3.04. The van der Waals surface area contributed by atoms with Gasteiger partial charge in [0.05, 0.1) is 25.2 Å². The molecule has 39 heavy (non-hydrogen) atoms. The third-order valence-electron chi connectivity index (χ3n) is 7.50. The second-order valence-corrected chi connectivity index (χ2v) is 11.3. The van der Waals surface area contributed by atoms with Crippen molar-refractivity contribution in [1.82, 2.24) is 9.88 Å². The zero-order valence-corrected chi connectivity index (χ0v) is 23.8. The second kappa shape index (κ2) is 11.6. The average molecular weight is 614 g/mol. The van der Waals surface area contributed by atoms with Crippen LogP contribution in [0, 0.1) is 5.41 Å². The molecule has 1 aliphatic heterocycles. The van der Waals surface area contributed by atoms with Crippen LogP contribution < -0.4 is 9.47 Å². The number of fused-ring (bicyclic) bond motifs is 3. The molecule has 4 aromatic rings. The highest BCUT2D eigenvalue weighted by Crippen LogP contribution is 2.40. The lowest BCUT2D eigenvalue weighted by Crippen LogP contribution is -2.42. The van der Waals surface area contributed by atoms with Crippen LogP contribution in [-0.4, -0.2) is 52.6 Å². The van der Waals surface area contributed by atoms with E-state index in [1.54, 1.807) is 29.2 Å². The van der Waals surface area contributed by atoms with Gasteiger partial charge in [0.1, 0.15) is 17.5 Å². The summed E-state index contributed by atoms with van der Waals surface area (Å²) in [6.45, 7) is 2.26. The number of aliphatic hydroxyl groups excluding tert-OH is 2. The summed E-state index contributed by atoms with van der Waals surface area (Å²) in [5.74, 6) is 1.04. The predicted molar refractivity (Wildman–Crippen MR) is 155 cm³/mol. The Morgan fingerprint density at radius 1 is 1.08 bits per heavy atom. The number of benzene rings is 3. The maximum Gasteiger partial charge on any atom is 0.416 e. The number of carbonyl (C=O) groups excluding carboxylic acids is 1. The van der Waals surface area contributed by atoms with Gasteiger partial charge in [-0.25, -0.2) is 4.79 Å². The van der Waals surface area contributed by atoms with Crippen LogP contribution in [0.5, 0.6) is 11.5 Å². The van der Waals surface area contributed by atoms with Gasteiger partial charge in [0.15, 0.2) is 0 Å². The van der Waals surface area contributed by atoms with Crippen molar-refractivity contribution in [2.45, 2.75) is 25.8 Å². The van der Waals surface area contributed by atoms with Gasteiger partial charge in [0.2, 0.25) is 0 Å². The number of hydrogen-bond acceptors (Lipinski definition) is 5. The summed E-state index contributed by atoms with van der Waals surface area (Å²) in [4.78, 5) is 18.8. The number of aliphatic hydroxyl groups is 2. The van der Waals surface area contributed by atoms with Crippen molar-refractivity contribution >= 4 is 44.5 Å². The largest absolute Gasteiger partial charge is 0.493 e. The normalized spacial score (nSPS) is 15.3. The minimum atomic E-state index is -0.697. The van der Waals surface area contributed by atoms with E-state index in [0.29, 0.717) is 35.9 Å². The Morgan fingerprint density at radius 2 is 1.77 bits per heavy atom. The summed E-state index contributed by atoms with van der Waals surface area (Å²) in [6.07, 6.45) is 0.817. The molecular formula is C30H30BrClN2O5. The molecule has 0 fully saturated rings. The van der Waals surface area contributed by atoms with E-state index in [9.17, 15) is 15.0 Å². The number of nitrogens with one attached hydrogen (secondary N) is 1. The summed E-state index contributed by atoms with van der Waals surface area (Å²) in [5, 5.41) is 21.2. The second-order valence-electron chi connectivity index (χ2n) is 9.90. The van der Waals surface area contributed by atoms with Crippen LogP contribution in [-0.2, 0) is 6.42 Å². The van der Waals surface area contributed by atoms with Gasteiger partial charge in [-0.15, -0.1) is 0 Å². The molecule has 1 aromatic heterocycles. The molecule has 5 rings (SSSR count). The first-order chi connectivity index (χ1) is 18.9. The third kappa shape index (κ3) is 5.65. The first kappa shape index (κ1) is 27.5. The number of aromatic nitrogens is 1. The number of nitrogens with zero attached hydrogens (tertiary/aromatic N) is 1. The minimum Gasteiger partial charge on any atom is -0.493 e. The molecule has 0 saturated carbocycles. The van der Waals surface area contributed by atoms with Gasteiger partial charge in [-0.2, -0.15) is 0 Å². The van der Waals surface area contributed by atoms with E-state index in [0.717, 1.165) is 26.6 Å². The number of ether oxygens (including phenoxy) is 2. The van der Waals surface area contributed by atoms with E-state index < -0.39 is 17.6 Å². The average Bonchev–Trinajstić information content (AvgIpc) is 3.33. The molecule has 2 heterocycles. The van der Waals surface area contributed by atoms with Crippen molar-refractivity contribution in [3.8, 4) is 11.5 Å². The van der Waals surface area contributed by atoms with Gasteiger partial charge < -0.3 is 24.7 Å². The van der Waals surface area contributed by atoms with Crippen LogP contribution >= 0.6 is 27.5 Å². The van der Waals surface area contributed by atoms with Gasteiger partial charge in [0, 0.05) is 32.6 Å². The predicted octanol–water partition coefficient (Wildman–Crippen LogP) is 6.49. The molecule has 9 heteroatoms. The highest BCUT2D eigenvalue weighted by Gasteiger charge is 2.36. The molecule has 3 N–H and O–H groups in total. The standard InChI is InChI=1S/C30H30BrClN2O5/c1-2-30(16-35,17-36)18-38-22-8-3-19(4-9-22)28-27-24(25-15-20(31)5-12-26(25)33-27)13-14-34(28)29(37)39-23-10-6-21(32)7-11-23/h3-12,15,28,33,35-36H,2,13-14,16-18H2,1H3. The molecule has 1 unspecified atom stereocenters. The Kier molecular flexibility index (Phi) is 8.19. The fourth-order valence-corrected chi connectivity index (χ4v) is 5.40. The molecule has 0 aliphatic carbocycles. The number of carbonyl (C=O) groups is 1. The molecule has 0 saturated heterocycles. The summed E-state index contributed by atoms with van der Waals surface area (Å²) < 4.78 is 12.7. The Bertz CT molecular complexity index is 1440. The van der Waals surface area contributed by atoms with Gasteiger partial charge in [0.25, 0.3) is 0 Å². The van der Waals surface area contributed by atoms with E-state index in [4.69, 9.17) is 21.1 Å². The number of hydrogen-bond donors (Lipinski definition) is 3. The zero-order chi connectivity index (χ0) is 27.6. The van der Waals surface area contributed by atoms with E-state index in [2.05, 4.69) is 27.0 Å². The van der Waals surface area contributed by atoms with Crippen LogP contribution in [0.4, 0.5) is 4.79 Å². The molecule has 1 atom stereocenters. The minimum absolute atomic E-state index is 0.163. The number of H-pyrrole nitrogens is 1. The van der Waals surface area contributed by atoms with Crippen LogP contribution in [0.3, 0.4) is 0 Å². The summed E-state index contributed by atoms with van der Waals surface area (Å²) in [7, 11) is 0. The van der Waals surface area contributed by atoms with Crippen molar-refractivity contribution < 1.29 is 24.5 Å². The highest BCUT2D eigenvalue weighted by atomic mass is 79.9. The van der Waals surface area contributed by atoms with Crippen molar-refractivity contribution in [2.24, 2.45) is 5.41 Å². The van der Waals surface area contributed by atoms with Gasteiger partial charge in [-0.1, -0.05) is 46.6 Å². The van der Waals surface area contributed by atoms with Crippen molar-refractivity contribution in [2.75, 3.05) is 26.4 Å². The van der Waals surface area contributed by atoms with Crippen LogP contribution in [0.25, 0.3) is 10.9 Å². The number of rotatable bonds is 8. The molecule has 1 aliphatic rings. The van der Waals surface area contributed by atoms with Gasteiger partial charge >= 0.3 is 6.09 Å². The highest BCUT2D eigenvalue weighted by molar-refractivity contribution is 9.10. The van der Waals surface area contributed by atoms with Gasteiger partial charge in [-0.3, -0.25) is 4.90 Å². The summed E-state index contributed by atoms with van der Waals surface area (Å²) in [6, 6.07) is 20.0. The fraction of sp³-hybridized carbons (Fsp3) is 0.300. The Balaban J connectivity index is 1.47. The lowest BCUT2D eigenvalue weighted by molar-refractivity contribution is 0.0114. The molecular weight excluding hydrogens is 584 g/mol. The lowest BCUT2D eigenvalue weighted by atomic mass is 9.88. The first-order valence-corrected chi connectivity index (χ1v) is 14.0. The number of halogens is 2. The SMILES string of the molecule is CCC(CO)(CO)COc1ccc(C2c3[nH]c4ccc(Br)cc4c3CCN2C(=O)Oc2ccc(Cl)cc2)cc1. The Morgan fingerprint density at radius 3 is 2.44 bits per heavy atom. The maximum absolute atomic E-state index is 13.5. The lowest BCUT2D eigenvalue weighted by Gasteiger charge is -2.35. The van der Waals surface area contributed by atoms with Crippen molar-refractivity contribution in [3.05, 3.63) is 93.0 Å². The van der Waals surface area contributed by atoms with E-state index in [1.165, 1.54) is 5.56 Å². The maximum atomic E-state index is 13.5. The smallest absolute Gasteiger partial charge is 0.416 e. The number of aromatic amines is 1. The van der Waals surface area contributed by atoms with Gasteiger partial charge in [-0.05, 0) is 78.6 Å². The molecule has 3 aromatic carbocycles. The van der Waals surface area contributed by atoms with E-state index in [-0.39, 0.29) is 19.8 Å². The van der Waals surface area contributed by atoms with Crippen molar-refractivity contribution in [1.29, 1.82) is 0 Å². The summed E-state index contributed by atoms with van der Waals surface area (Å²) in [5.41, 5.74) is 3.32. The molecule has 0 spiro atoms. The fourth-order valence-electron chi connectivity index (χ4n) is 4.92. The Labute approximate surface area is 240 Å². The van der Waals surface area contributed by atoms with Crippen molar-refractivity contribution in [3.63, 3.8) is 0 Å².